The molecular weight excluding hydrogens is 714 g/mol. The summed E-state index contributed by atoms with van der Waals surface area (Å²) in [5.41, 5.74) is 3.09. The Morgan fingerprint density at radius 3 is 2.48 bits per heavy atom. The Morgan fingerprint density at radius 2 is 1.78 bits per heavy atom. The van der Waals surface area contributed by atoms with Crippen LogP contribution in [0.4, 0.5) is 4.39 Å². The van der Waals surface area contributed by atoms with E-state index < -0.39 is 17.8 Å². The van der Waals surface area contributed by atoms with E-state index in [0.29, 0.717) is 46.4 Å². The predicted molar refractivity (Wildman–Crippen MR) is 182 cm³/mol. The molecule has 0 amide bonds. The van der Waals surface area contributed by atoms with Crippen molar-refractivity contribution in [3.8, 4) is 5.75 Å². The van der Waals surface area contributed by atoms with E-state index in [9.17, 15) is 14.0 Å². The SMILES string of the molecule is CCOC(=O)C1=C(c2ccccc2)N=c2s/c(=C\c3ccc(OCc4ccc(Cl)c(Cl)c4)c(Br)c3)c(=O)n2[C@@H]1c1ccc(F)cc1. The Kier molecular flexibility index (Phi) is 9.56. The van der Waals surface area contributed by atoms with Gasteiger partial charge in [-0.1, -0.05) is 89.1 Å². The van der Waals surface area contributed by atoms with Gasteiger partial charge in [-0.3, -0.25) is 9.36 Å². The van der Waals surface area contributed by atoms with Crippen LogP contribution in [0.25, 0.3) is 11.8 Å². The smallest absolute Gasteiger partial charge is 0.338 e. The maximum absolute atomic E-state index is 14.1. The lowest BCUT2D eigenvalue weighted by Gasteiger charge is -2.25. The topological polar surface area (TPSA) is 69.9 Å². The molecule has 0 saturated heterocycles. The molecule has 1 atom stereocenters. The number of carbonyl (C=O) groups is 1. The van der Waals surface area contributed by atoms with Gasteiger partial charge in [-0.25, -0.2) is 14.2 Å². The van der Waals surface area contributed by atoms with Crippen LogP contribution < -0.4 is 19.6 Å². The summed E-state index contributed by atoms with van der Waals surface area (Å²) in [5, 5.41) is 0.921. The van der Waals surface area contributed by atoms with Crippen molar-refractivity contribution in [2.24, 2.45) is 4.99 Å². The molecule has 0 bridgehead atoms. The van der Waals surface area contributed by atoms with Crippen molar-refractivity contribution in [2.45, 2.75) is 19.6 Å². The van der Waals surface area contributed by atoms with Gasteiger partial charge >= 0.3 is 5.97 Å². The Balaban J connectivity index is 1.43. The third-order valence-electron chi connectivity index (χ3n) is 7.19. The van der Waals surface area contributed by atoms with Crippen LogP contribution in [0.2, 0.25) is 10.0 Å². The first-order valence-electron chi connectivity index (χ1n) is 14.1. The minimum Gasteiger partial charge on any atom is -0.488 e. The van der Waals surface area contributed by atoms with Gasteiger partial charge in [0.15, 0.2) is 4.80 Å². The molecule has 2 heterocycles. The number of aromatic nitrogens is 1. The quantitative estimate of drug-likeness (QED) is 0.153. The van der Waals surface area contributed by atoms with Gasteiger partial charge in [-0.05, 0) is 82.0 Å². The van der Waals surface area contributed by atoms with Crippen LogP contribution >= 0.6 is 50.5 Å². The van der Waals surface area contributed by atoms with Crippen LogP contribution in [0.1, 0.15) is 35.2 Å². The van der Waals surface area contributed by atoms with Crippen LogP contribution in [-0.2, 0) is 16.1 Å². The lowest BCUT2D eigenvalue weighted by atomic mass is 9.93. The predicted octanol–water partition coefficient (Wildman–Crippen LogP) is 7.72. The Labute approximate surface area is 285 Å². The Bertz CT molecular complexity index is 2170. The summed E-state index contributed by atoms with van der Waals surface area (Å²) < 4.78 is 28.0. The highest BCUT2D eigenvalue weighted by Crippen LogP contribution is 2.35. The Hall–Kier alpha value is -4.02. The summed E-state index contributed by atoms with van der Waals surface area (Å²) in [6.07, 6.45) is 1.76. The van der Waals surface area contributed by atoms with E-state index in [1.54, 1.807) is 43.3 Å². The van der Waals surface area contributed by atoms with E-state index in [1.165, 1.54) is 28.0 Å². The van der Waals surface area contributed by atoms with Crippen LogP contribution in [0.5, 0.6) is 5.75 Å². The van der Waals surface area contributed by atoms with Crippen molar-refractivity contribution < 1.29 is 18.7 Å². The first-order valence-corrected chi connectivity index (χ1v) is 16.5. The zero-order valence-corrected chi connectivity index (χ0v) is 28.1. The summed E-state index contributed by atoms with van der Waals surface area (Å²) in [6.45, 7) is 2.13. The number of halogens is 4. The number of benzene rings is 4. The van der Waals surface area contributed by atoms with Gasteiger partial charge in [0.1, 0.15) is 18.2 Å². The molecule has 5 aromatic rings. The van der Waals surface area contributed by atoms with E-state index in [2.05, 4.69) is 15.9 Å². The van der Waals surface area contributed by atoms with E-state index in [-0.39, 0.29) is 24.3 Å². The maximum Gasteiger partial charge on any atom is 0.338 e. The molecule has 0 radical (unpaired) electrons. The number of hydrogen-bond donors (Lipinski definition) is 0. The molecule has 46 heavy (non-hydrogen) atoms. The molecule has 0 unspecified atom stereocenters. The highest BCUT2D eigenvalue weighted by molar-refractivity contribution is 9.10. The van der Waals surface area contributed by atoms with Crippen molar-refractivity contribution in [1.29, 1.82) is 0 Å². The number of carbonyl (C=O) groups excluding carboxylic acids is 1. The van der Waals surface area contributed by atoms with E-state index >= 15 is 0 Å². The van der Waals surface area contributed by atoms with Crippen LogP contribution in [0, 0.1) is 5.82 Å². The summed E-state index contributed by atoms with van der Waals surface area (Å²) in [4.78, 5) is 32.8. The molecule has 0 fully saturated rings. The molecule has 6 nitrogen and oxygen atoms in total. The highest BCUT2D eigenvalue weighted by Gasteiger charge is 2.35. The molecule has 4 aromatic carbocycles. The molecule has 6 rings (SSSR count). The van der Waals surface area contributed by atoms with Crippen molar-refractivity contribution in [3.05, 3.63) is 159 Å². The molecule has 0 spiro atoms. The van der Waals surface area contributed by atoms with Crippen LogP contribution in [0.3, 0.4) is 0 Å². The molecular formula is C35H24BrCl2FN2O4S. The molecule has 1 aliphatic rings. The van der Waals surface area contributed by atoms with Crippen molar-refractivity contribution >= 4 is 68.2 Å². The zero-order chi connectivity index (χ0) is 32.4. The summed E-state index contributed by atoms with van der Waals surface area (Å²) >= 11 is 16.9. The molecule has 1 aromatic heterocycles. The molecule has 232 valence electrons. The van der Waals surface area contributed by atoms with E-state index in [0.717, 1.165) is 11.1 Å². The number of ether oxygens (including phenoxy) is 2. The molecule has 0 saturated carbocycles. The lowest BCUT2D eigenvalue weighted by Crippen LogP contribution is -2.40. The van der Waals surface area contributed by atoms with Gasteiger partial charge < -0.3 is 9.47 Å². The third-order valence-corrected chi connectivity index (χ3v) is 9.53. The second-order valence-corrected chi connectivity index (χ2v) is 12.9. The lowest BCUT2D eigenvalue weighted by molar-refractivity contribution is -0.138. The van der Waals surface area contributed by atoms with Gasteiger partial charge in [0.25, 0.3) is 5.56 Å². The molecule has 0 N–H and O–H groups in total. The second kappa shape index (κ2) is 13.8. The van der Waals surface area contributed by atoms with Crippen molar-refractivity contribution in [1.82, 2.24) is 4.57 Å². The third kappa shape index (κ3) is 6.59. The van der Waals surface area contributed by atoms with Gasteiger partial charge in [-0.2, -0.15) is 0 Å². The first kappa shape index (κ1) is 31.9. The fourth-order valence-corrected chi connectivity index (χ4v) is 6.90. The number of thiazole rings is 1. The number of fused-ring (bicyclic) bond motifs is 1. The summed E-state index contributed by atoms with van der Waals surface area (Å²) in [7, 11) is 0. The molecule has 11 heteroatoms. The largest absolute Gasteiger partial charge is 0.488 e. The van der Waals surface area contributed by atoms with Crippen molar-refractivity contribution in [2.75, 3.05) is 6.61 Å². The number of rotatable bonds is 8. The number of nitrogens with zero attached hydrogens (tertiary/aromatic N) is 2. The van der Waals surface area contributed by atoms with Crippen LogP contribution in [-0.4, -0.2) is 17.1 Å². The van der Waals surface area contributed by atoms with E-state index in [4.69, 9.17) is 37.7 Å². The minimum atomic E-state index is -0.892. The van der Waals surface area contributed by atoms with Gasteiger partial charge in [0.2, 0.25) is 0 Å². The average Bonchev–Trinajstić information content (AvgIpc) is 3.36. The van der Waals surface area contributed by atoms with Crippen LogP contribution in [0.15, 0.2) is 111 Å². The minimum absolute atomic E-state index is 0.132. The second-order valence-electron chi connectivity index (χ2n) is 10.2. The summed E-state index contributed by atoms with van der Waals surface area (Å²) in [6, 6.07) is 24.9. The normalized spacial score (nSPS) is 14.5. The number of hydrogen-bond acceptors (Lipinski definition) is 6. The maximum atomic E-state index is 14.1. The van der Waals surface area contributed by atoms with Gasteiger partial charge in [0, 0.05) is 5.56 Å². The van der Waals surface area contributed by atoms with Gasteiger partial charge in [-0.15, -0.1) is 0 Å². The van der Waals surface area contributed by atoms with Crippen molar-refractivity contribution in [3.63, 3.8) is 0 Å². The molecule has 0 aliphatic carbocycles. The average molecular weight is 738 g/mol. The fourth-order valence-electron chi connectivity index (χ4n) is 5.07. The first-order chi connectivity index (χ1) is 22.2. The fraction of sp³-hybridized carbons (Fsp3) is 0.114. The summed E-state index contributed by atoms with van der Waals surface area (Å²) in [5.74, 6) is -0.433. The molecule has 1 aliphatic heterocycles. The monoisotopic (exact) mass is 736 g/mol. The number of esters is 1. The highest BCUT2D eigenvalue weighted by atomic mass is 79.9. The zero-order valence-electron chi connectivity index (χ0n) is 24.2. The standard InChI is InChI=1S/C35H24BrCl2FN2O4S/c1-2-44-34(43)30-31(22-6-4-3-5-7-22)40-35-41(32(30)23-10-12-24(39)13-11-23)33(42)29(46-35)18-20-9-15-28(25(36)16-20)45-19-21-8-14-26(37)27(38)17-21/h3-18,32H,2,19H2,1H3/b29-18-/t32-/m1/s1. The van der Waals surface area contributed by atoms with Gasteiger partial charge in [0.05, 0.1) is 43.0 Å². The van der Waals surface area contributed by atoms with E-state index in [1.807, 2.05) is 48.5 Å². The Morgan fingerprint density at radius 1 is 1.02 bits per heavy atom.